The molecule has 0 aromatic rings. The molecule has 2 amide bonds. The minimum atomic E-state index is -0.768. The molecule has 0 aromatic heterocycles. The van der Waals surface area contributed by atoms with Gasteiger partial charge >= 0.3 is 12.0 Å². The van der Waals surface area contributed by atoms with Crippen LogP contribution in [0.15, 0.2) is 12.7 Å². The predicted octanol–water partition coefficient (Wildman–Crippen LogP) is 2.24. The number of hydrogen-bond acceptors (Lipinski definition) is 2. The predicted molar refractivity (Wildman–Crippen MR) is 74.0 cm³/mol. The Morgan fingerprint density at radius 1 is 1.42 bits per heavy atom. The fourth-order valence-corrected chi connectivity index (χ4v) is 2.38. The molecule has 1 rings (SSSR count). The maximum Gasteiger partial charge on any atom is 0.318 e. The van der Waals surface area contributed by atoms with Gasteiger partial charge in [-0.3, -0.25) is 4.79 Å². The molecule has 0 unspecified atom stereocenters. The zero-order chi connectivity index (χ0) is 14.6. The first-order valence-corrected chi connectivity index (χ1v) is 6.67. The van der Waals surface area contributed by atoms with Crippen LogP contribution in [0.4, 0.5) is 4.79 Å². The van der Waals surface area contributed by atoms with Crippen LogP contribution >= 0.6 is 0 Å². The second-order valence-electron chi connectivity index (χ2n) is 6.06. The first-order valence-electron chi connectivity index (χ1n) is 6.67. The number of aliphatic carboxylic acids is 1. The molecule has 19 heavy (non-hydrogen) atoms. The number of nitrogens with zero attached hydrogens (tertiary/aromatic N) is 1. The summed E-state index contributed by atoms with van der Waals surface area (Å²) in [7, 11) is 0. The zero-order valence-corrected chi connectivity index (χ0v) is 12.0. The van der Waals surface area contributed by atoms with E-state index in [0.29, 0.717) is 19.4 Å². The van der Waals surface area contributed by atoms with Crippen LogP contribution in [0, 0.1) is 5.92 Å². The number of rotatable bonds is 4. The molecule has 2 atom stereocenters. The molecular weight excluding hydrogens is 244 g/mol. The molecule has 0 bridgehead atoms. The highest BCUT2D eigenvalue weighted by Crippen LogP contribution is 2.26. The average molecular weight is 268 g/mol. The van der Waals surface area contributed by atoms with Gasteiger partial charge in [-0.2, -0.15) is 0 Å². The number of amides is 2. The molecule has 0 aromatic carbocycles. The summed E-state index contributed by atoms with van der Waals surface area (Å²) in [5.74, 6) is -1.09. The van der Waals surface area contributed by atoms with Gasteiger partial charge in [-0.05, 0) is 40.0 Å². The first kappa shape index (κ1) is 15.5. The summed E-state index contributed by atoms with van der Waals surface area (Å²) in [4.78, 5) is 24.8. The molecule has 0 spiro atoms. The van der Waals surface area contributed by atoms with Crippen molar-refractivity contribution in [2.75, 3.05) is 6.54 Å². The molecule has 5 nitrogen and oxygen atoms in total. The molecule has 0 heterocycles. The lowest BCUT2D eigenvalue weighted by atomic mass is 10.1. The van der Waals surface area contributed by atoms with Gasteiger partial charge in [0.2, 0.25) is 0 Å². The molecule has 1 fully saturated rings. The van der Waals surface area contributed by atoms with Crippen LogP contribution in [0.25, 0.3) is 0 Å². The summed E-state index contributed by atoms with van der Waals surface area (Å²) in [6.45, 7) is 10.0. The Morgan fingerprint density at radius 2 is 2.05 bits per heavy atom. The van der Waals surface area contributed by atoms with Crippen molar-refractivity contribution >= 4 is 12.0 Å². The van der Waals surface area contributed by atoms with Crippen molar-refractivity contribution in [1.29, 1.82) is 0 Å². The van der Waals surface area contributed by atoms with Crippen LogP contribution in [0.3, 0.4) is 0 Å². The van der Waals surface area contributed by atoms with Crippen LogP contribution in [-0.4, -0.2) is 40.1 Å². The minimum Gasteiger partial charge on any atom is -0.481 e. The van der Waals surface area contributed by atoms with Gasteiger partial charge in [0.25, 0.3) is 0 Å². The van der Waals surface area contributed by atoms with Crippen molar-refractivity contribution < 1.29 is 14.7 Å². The quantitative estimate of drug-likeness (QED) is 0.768. The van der Waals surface area contributed by atoms with Gasteiger partial charge in [0.05, 0.1) is 5.92 Å². The van der Waals surface area contributed by atoms with E-state index in [1.54, 1.807) is 11.0 Å². The van der Waals surface area contributed by atoms with E-state index in [9.17, 15) is 9.59 Å². The zero-order valence-electron chi connectivity index (χ0n) is 12.0. The topological polar surface area (TPSA) is 69.6 Å². The van der Waals surface area contributed by atoms with E-state index in [-0.39, 0.29) is 23.5 Å². The van der Waals surface area contributed by atoms with Crippen LogP contribution in [0.2, 0.25) is 0 Å². The van der Waals surface area contributed by atoms with Gasteiger partial charge in [-0.15, -0.1) is 6.58 Å². The number of carboxylic acids is 1. The summed E-state index contributed by atoms with van der Waals surface area (Å²) in [5.41, 5.74) is -0.289. The maximum absolute atomic E-state index is 12.2. The highest BCUT2D eigenvalue weighted by molar-refractivity contribution is 5.76. The van der Waals surface area contributed by atoms with Crippen LogP contribution < -0.4 is 5.32 Å². The highest BCUT2D eigenvalue weighted by atomic mass is 16.4. The van der Waals surface area contributed by atoms with E-state index >= 15 is 0 Å². The van der Waals surface area contributed by atoms with E-state index in [4.69, 9.17) is 5.11 Å². The monoisotopic (exact) mass is 268 g/mol. The third-order valence-electron chi connectivity index (χ3n) is 3.48. The van der Waals surface area contributed by atoms with Crippen molar-refractivity contribution in [3.63, 3.8) is 0 Å². The maximum atomic E-state index is 12.2. The van der Waals surface area contributed by atoms with Crippen LogP contribution in [-0.2, 0) is 4.79 Å². The van der Waals surface area contributed by atoms with Crippen molar-refractivity contribution in [1.82, 2.24) is 10.2 Å². The number of carboxylic acid groups (broad SMARTS) is 1. The second-order valence-corrected chi connectivity index (χ2v) is 6.06. The lowest BCUT2D eigenvalue weighted by Crippen LogP contribution is -2.52. The van der Waals surface area contributed by atoms with E-state index in [0.717, 1.165) is 6.42 Å². The number of nitrogens with one attached hydrogen (secondary N) is 1. The Morgan fingerprint density at radius 3 is 2.47 bits per heavy atom. The molecule has 0 radical (unpaired) electrons. The summed E-state index contributed by atoms with van der Waals surface area (Å²) in [6, 6.07) is -0.188. The van der Waals surface area contributed by atoms with Crippen molar-refractivity contribution in [3.8, 4) is 0 Å². The molecule has 5 heteroatoms. The van der Waals surface area contributed by atoms with E-state index in [1.165, 1.54) is 0 Å². The SMILES string of the molecule is C=CCN(C(=O)N[C@H]1CC[C@@H](C(=O)O)C1)C(C)(C)C. The number of carbonyl (C=O) groups is 2. The molecule has 0 saturated heterocycles. The summed E-state index contributed by atoms with van der Waals surface area (Å²) < 4.78 is 0. The van der Waals surface area contributed by atoms with Gasteiger partial charge in [0, 0.05) is 18.1 Å². The fourth-order valence-electron chi connectivity index (χ4n) is 2.38. The van der Waals surface area contributed by atoms with Crippen molar-refractivity contribution in [2.24, 2.45) is 5.92 Å². The van der Waals surface area contributed by atoms with Gasteiger partial charge in [0.1, 0.15) is 0 Å². The molecular formula is C14H24N2O3. The molecule has 1 aliphatic carbocycles. The average Bonchev–Trinajstić information content (AvgIpc) is 2.72. The molecule has 108 valence electrons. The van der Waals surface area contributed by atoms with Gasteiger partial charge in [-0.25, -0.2) is 4.79 Å². The van der Waals surface area contributed by atoms with Crippen LogP contribution in [0.1, 0.15) is 40.0 Å². The highest BCUT2D eigenvalue weighted by Gasteiger charge is 2.33. The lowest BCUT2D eigenvalue weighted by Gasteiger charge is -2.35. The van der Waals surface area contributed by atoms with Crippen molar-refractivity contribution in [2.45, 2.75) is 51.6 Å². The smallest absolute Gasteiger partial charge is 0.318 e. The Labute approximate surface area is 114 Å². The lowest BCUT2D eigenvalue weighted by molar-refractivity contribution is -0.141. The second kappa shape index (κ2) is 6.08. The Hall–Kier alpha value is -1.52. The minimum absolute atomic E-state index is 0.0386. The summed E-state index contributed by atoms with van der Waals surface area (Å²) in [5, 5.41) is 11.9. The summed E-state index contributed by atoms with van der Waals surface area (Å²) >= 11 is 0. The molecule has 2 N–H and O–H groups in total. The van der Waals surface area contributed by atoms with Gasteiger partial charge in [-0.1, -0.05) is 6.08 Å². The normalized spacial score (nSPS) is 22.9. The Bertz CT molecular complexity index is 360. The molecule has 1 aliphatic rings. The molecule has 1 saturated carbocycles. The number of urea groups is 1. The van der Waals surface area contributed by atoms with Crippen LogP contribution in [0.5, 0.6) is 0 Å². The number of hydrogen-bond donors (Lipinski definition) is 2. The third kappa shape index (κ3) is 4.26. The Kier molecular flexibility index (Phi) is 4.97. The first-order chi connectivity index (χ1) is 8.75. The molecule has 0 aliphatic heterocycles. The van der Waals surface area contributed by atoms with E-state index in [1.807, 2.05) is 20.8 Å². The number of carbonyl (C=O) groups excluding carboxylic acids is 1. The fraction of sp³-hybridized carbons (Fsp3) is 0.714. The van der Waals surface area contributed by atoms with Gasteiger partial charge in [0.15, 0.2) is 0 Å². The van der Waals surface area contributed by atoms with E-state index in [2.05, 4.69) is 11.9 Å². The standard InChI is InChI=1S/C14H24N2O3/c1-5-8-16(14(2,3)4)13(19)15-11-7-6-10(9-11)12(17)18/h5,10-11H,1,6-9H2,2-4H3,(H,15,19)(H,17,18)/t10-,11+/m1/s1. The largest absolute Gasteiger partial charge is 0.481 e. The summed E-state index contributed by atoms with van der Waals surface area (Å²) in [6.07, 6.45) is 3.58. The Balaban J connectivity index is 2.58. The van der Waals surface area contributed by atoms with Gasteiger partial charge < -0.3 is 15.3 Å². The van der Waals surface area contributed by atoms with E-state index < -0.39 is 5.97 Å². The van der Waals surface area contributed by atoms with Crippen molar-refractivity contribution in [3.05, 3.63) is 12.7 Å². The third-order valence-corrected chi connectivity index (χ3v) is 3.48.